The first kappa shape index (κ1) is 15.8. The highest BCUT2D eigenvalue weighted by molar-refractivity contribution is 9.10. The molecule has 1 heterocycles. The first-order valence-corrected chi connectivity index (χ1v) is 8.05. The predicted molar refractivity (Wildman–Crippen MR) is 86.1 cm³/mol. The Morgan fingerprint density at radius 2 is 2.10 bits per heavy atom. The van der Waals surface area contributed by atoms with Crippen LogP contribution in [0.2, 0.25) is 0 Å². The summed E-state index contributed by atoms with van der Waals surface area (Å²) in [5.41, 5.74) is 7.12. The van der Waals surface area contributed by atoms with Crippen LogP contribution in [-0.2, 0) is 10.5 Å². The molecule has 110 valence electrons. The van der Waals surface area contributed by atoms with Crippen LogP contribution in [0.3, 0.4) is 0 Å². The van der Waals surface area contributed by atoms with Crippen LogP contribution in [-0.4, -0.2) is 22.5 Å². The number of nitrogen functional groups attached to an aromatic ring is 1. The molecule has 0 saturated heterocycles. The maximum Gasteiger partial charge on any atom is 0.343 e. The number of thioether (sulfide) groups is 1. The lowest BCUT2D eigenvalue weighted by molar-refractivity contribution is 0.0526. The molecule has 7 heteroatoms. The van der Waals surface area contributed by atoms with Gasteiger partial charge in [-0.05, 0) is 24.6 Å². The number of rotatable bonds is 5. The number of carbonyl (C=O) groups excluding carboxylic acids is 1. The fraction of sp³-hybridized carbons (Fsp3) is 0.214. The Kier molecular flexibility index (Phi) is 5.58. The van der Waals surface area contributed by atoms with Crippen LogP contribution in [0.25, 0.3) is 0 Å². The largest absolute Gasteiger partial charge is 0.462 e. The van der Waals surface area contributed by atoms with E-state index in [1.165, 1.54) is 18.0 Å². The molecule has 21 heavy (non-hydrogen) atoms. The summed E-state index contributed by atoms with van der Waals surface area (Å²) >= 11 is 4.85. The number of nitrogens with two attached hydrogens (primary N) is 1. The lowest BCUT2D eigenvalue weighted by Crippen LogP contribution is -2.10. The fourth-order valence-corrected chi connectivity index (χ4v) is 2.58. The second kappa shape index (κ2) is 7.42. The van der Waals surface area contributed by atoms with Crippen LogP contribution in [0.1, 0.15) is 22.8 Å². The Labute approximate surface area is 135 Å². The molecule has 0 fully saturated rings. The minimum Gasteiger partial charge on any atom is -0.462 e. The van der Waals surface area contributed by atoms with E-state index >= 15 is 0 Å². The van der Waals surface area contributed by atoms with E-state index < -0.39 is 5.97 Å². The monoisotopic (exact) mass is 367 g/mol. The summed E-state index contributed by atoms with van der Waals surface area (Å²) in [6.07, 6.45) is 1.41. The smallest absolute Gasteiger partial charge is 0.343 e. The molecule has 0 unspecified atom stereocenters. The van der Waals surface area contributed by atoms with Crippen LogP contribution < -0.4 is 5.73 Å². The molecule has 0 amide bonds. The van der Waals surface area contributed by atoms with Crippen molar-refractivity contribution in [3.8, 4) is 0 Å². The van der Waals surface area contributed by atoms with Crippen LogP contribution in [0.15, 0.2) is 40.1 Å². The van der Waals surface area contributed by atoms with Crippen molar-refractivity contribution in [2.75, 3.05) is 12.3 Å². The summed E-state index contributed by atoms with van der Waals surface area (Å²) in [5.74, 6) is 0.368. The summed E-state index contributed by atoms with van der Waals surface area (Å²) in [6.45, 7) is 2.02. The summed E-state index contributed by atoms with van der Waals surface area (Å²) in [6, 6.07) is 8.00. The molecule has 1 aromatic carbocycles. The normalized spacial score (nSPS) is 10.4. The third-order valence-electron chi connectivity index (χ3n) is 2.57. The third-order valence-corrected chi connectivity index (χ3v) is 4.03. The number of aromatic nitrogens is 2. The first-order valence-electron chi connectivity index (χ1n) is 6.27. The van der Waals surface area contributed by atoms with Gasteiger partial charge in [-0.25, -0.2) is 14.8 Å². The van der Waals surface area contributed by atoms with E-state index in [4.69, 9.17) is 10.5 Å². The van der Waals surface area contributed by atoms with Crippen molar-refractivity contribution >= 4 is 39.5 Å². The number of benzene rings is 1. The van der Waals surface area contributed by atoms with E-state index in [0.717, 1.165) is 15.8 Å². The number of hydrogen-bond acceptors (Lipinski definition) is 6. The van der Waals surface area contributed by atoms with E-state index in [9.17, 15) is 4.79 Å². The SMILES string of the molecule is CCOC(=O)c1cnc(SCc2ccc(Br)cc2)nc1N. The molecular weight excluding hydrogens is 354 g/mol. The lowest BCUT2D eigenvalue weighted by atomic mass is 10.2. The number of anilines is 1. The van der Waals surface area contributed by atoms with Gasteiger partial charge in [0.25, 0.3) is 0 Å². The first-order chi connectivity index (χ1) is 10.1. The molecule has 5 nitrogen and oxygen atoms in total. The number of halogens is 1. The van der Waals surface area contributed by atoms with Gasteiger partial charge >= 0.3 is 5.97 Å². The molecule has 2 aromatic rings. The van der Waals surface area contributed by atoms with Crippen LogP contribution in [0, 0.1) is 0 Å². The van der Waals surface area contributed by atoms with Crippen LogP contribution >= 0.6 is 27.7 Å². The van der Waals surface area contributed by atoms with Gasteiger partial charge in [-0.3, -0.25) is 0 Å². The summed E-state index contributed by atoms with van der Waals surface area (Å²) in [5, 5.41) is 0.531. The maximum absolute atomic E-state index is 11.6. The molecule has 2 N–H and O–H groups in total. The van der Waals surface area contributed by atoms with Gasteiger partial charge in [0.2, 0.25) is 0 Å². The molecule has 2 rings (SSSR count). The van der Waals surface area contributed by atoms with Crippen molar-refractivity contribution < 1.29 is 9.53 Å². The Hall–Kier alpha value is -1.60. The number of carbonyl (C=O) groups is 1. The molecule has 0 saturated carbocycles. The molecule has 0 aliphatic carbocycles. The average Bonchev–Trinajstić information content (AvgIpc) is 2.47. The maximum atomic E-state index is 11.6. The van der Waals surface area contributed by atoms with Crippen LogP contribution in [0.5, 0.6) is 0 Å². The van der Waals surface area contributed by atoms with Gasteiger partial charge in [-0.2, -0.15) is 0 Å². The molecule has 0 radical (unpaired) electrons. The highest BCUT2D eigenvalue weighted by atomic mass is 79.9. The van der Waals surface area contributed by atoms with Gasteiger partial charge in [-0.1, -0.05) is 39.8 Å². The van der Waals surface area contributed by atoms with Gasteiger partial charge in [0.1, 0.15) is 11.4 Å². The van der Waals surface area contributed by atoms with Crippen molar-refractivity contribution in [3.05, 3.63) is 46.1 Å². The summed E-state index contributed by atoms with van der Waals surface area (Å²) in [7, 11) is 0. The van der Waals surface area contributed by atoms with Gasteiger partial charge in [0.15, 0.2) is 5.16 Å². The fourth-order valence-electron chi connectivity index (χ4n) is 1.54. The van der Waals surface area contributed by atoms with Crippen molar-refractivity contribution in [2.24, 2.45) is 0 Å². The molecule has 0 aliphatic heterocycles. The van der Waals surface area contributed by atoms with Gasteiger partial charge in [0, 0.05) is 16.4 Å². The second-order valence-corrected chi connectivity index (χ2v) is 5.95. The van der Waals surface area contributed by atoms with E-state index in [-0.39, 0.29) is 11.4 Å². The van der Waals surface area contributed by atoms with Gasteiger partial charge in [-0.15, -0.1) is 0 Å². The topological polar surface area (TPSA) is 78.1 Å². The number of hydrogen-bond donors (Lipinski definition) is 1. The lowest BCUT2D eigenvalue weighted by Gasteiger charge is -2.06. The molecule has 0 bridgehead atoms. The zero-order valence-corrected chi connectivity index (χ0v) is 13.8. The van der Waals surface area contributed by atoms with Crippen molar-refractivity contribution in [2.45, 2.75) is 17.8 Å². The van der Waals surface area contributed by atoms with Gasteiger partial charge < -0.3 is 10.5 Å². The predicted octanol–water partition coefficient (Wildman–Crippen LogP) is 3.29. The quantitative estimate of drug-likeness (QED) is 0.496. The van der Waals surface area contributed by atoms with Crippen molar-refractivity contribution in [3.63, 3.8) is 0 Å². The zero-order valence-electron chi connectivity index (χ0n) is 11.4. The average molecular weight is 368 g/mol. The standard InChI is InChI=1S/C14H14BrN3O2S/c1-2-20-13(19)11-7-17-14(18-12(11)16)21-8-9-3-5-10(15)6-4-9/h3-7H,2,8H2,1H3,(H2,16,17,18). The highest BCUT2D eigenvalue weighted by Crippen LogP contribution is 2.22. The number of nitrogens with zero attached hydrogens (tertiary/aromatic N) is 2. The molecule has 0 atom stereocenters. The molecular formula is C14H14BrN3O2S. The minimum atomic E-state index is -0.501. The highest BCUT2D eigenvalue weighted by Gasteiger charge is 2.13. The zero-order chi connectivity index (χ0) is 15.2. The van der Waals surface area contributed by atoms with E-state index in [1.54, 1.807) is 6.92 Å². The number of esters is 1. The minimum absolute atomic E-state index is 0.141. The van der Waals surface area contributed by atoms with Crippen LogP contribution in [0.4, 0.5) is 5.82 Å². The Morgan fingerprint density at radius 3 is 2.71 bits per heavy atom. The summed E-state index contributed by atoms with van der Waals surface area (Å²) in [4.78, 5) is 19.9. The number of ether oxygens (including phenoxy) is 1. The summed E-state index contributed by atoms with van der Waals surface area (Å²) < 4.78 is 5.92. The van der Waals surface area contributed by atoms with Crippen molar-refractivity contribution in [1.82, 2.24) is 9.97 Å². The Morgan fingerprint density at radius 1 is 1.38 bits per heavy atom. The Balaban J connectivity index is 2.03. The third kappa shape index (κ3) is 4.44. The van der Waals surface area contributed by atoms with Crippen molar-refractivity contribution in [1.29, 1.82) is 0 Å². The molecule has 1 aromatic heterocycles. The van der Waals surface area contributed by atoms with Gasteiger partial charge in [0.05, 0.1) is 6.61 Å². The van der Waals surface area contributed by atoms with E-state index in [0.29, 0.717) is 11.8 Å². The van der Waals surface area contributed by atoms with E-state index in [1.807, 2.05) is 24.3 Å². The van der Waals surface area contributed by atoms with E-state index in [2.05, 4.69) is 25.9 Å². The molecule has 0 spiro atoms. The molecule has 0 aliphatic rings. The Bertz CT molecular complexity index is 635. The second-order valence-electron chi connectivity index (χ2n) is 4.09.